The molecule has 2 heterocycles. The zero-order valence-electron chi connectivity index (χ0n) is 14.6. The maximum Gasteiger partial charge on any atom is 0.449 e. The molecule has 0 saturated carbocycles. The van der Waals surface area contributed by atoms with Crippen LogP contribution in [0.15, 0.2) is 24.3 Å². The van der Waals surface area contributed by atoms with Gasteiger partial charge in [0.1, 0.15) is 0 Å². The smallest absolute Gasteiger partial charge is 0.321 e. The second-order valence-corrected chi connectivity index (χ2v) is 6.51. The molecule has 0 spiro atoms. The molecule has 3 nitrogen and oxygen atoms in total. The van der Waals surface area contributed by atoms with Crippen molar-refractivity contribution in [2.75, 3.05) is 6.54 Å². The number of halogens is 6. The van der Waals surface area contributed by atoms with E-state index in [4.69, 9.17) is 0 Å². The number of imidazole rings is 1. The number of nitrogens with zero attached hydrogens (tertiary/aromatic N) is 2. The third kappa shape index (κ3) is 4.12. The van der Waals surface area contributed by atoms with Crippen LogP contribution < -0.4 is 5.32 Å². The molecule has 148 valence electrons. The van der Waals surface area contributed by atoms with Crippen molar-refractivity contribution in [3.63, 3.8) is 0 Å². The Bertz CT molecular complexity index is 789. The van der Waals surface area contributed by atoms with Crippen LogP contribution in [0.2, 0.25) is 0 Å². The topological polar surface area (TPSA) is 29.9 Å². The van der Waals surface area contributed by atoms with Gasteiger partial charge in [-0.3, -0.25) is 0 Å². The lowest BCUT2D eigenvalue weighted by Crippen LogP contribution is -2.35. The van der Waals surface area contributed by atoms with Crippen molar-refractivity contribution in [2.45, 2.75) is 51.1 Å². The Balaban J connectivity index is 1.79. The normalized spacial score (nSPS) is 17.8. The number of hydrogen-bond donors (Lipinski definition) is 1. The van der Waals surface area contributed by atoms with Crippen molar-refractivity contribution >= 4 is 0 Å². The molecular formula is C18H19F6N3. The minimum atomic E-state index is -4.52. The van der Waals surface area contributed by atoms with Gasteiger partial charge in [-0.15, -0.1) is 0 Å². The summed E-state index contributed by atoms with van der Waals surface area (Å²) in [5, 5.41) is 3.21. The highest BCUT2D eigenvalue weighted by molar-refractivity contribution is 5.27. The van der Waals surface area contributed by atoms with Gasteiger partial charge in [-0.1, -0.05) is 19.1 Å². The number of alkyl halides is 6. The van der Waals surface area contributed by atoms with Gasteiger partial charge in [-0.25, -0.2) is 4.98 Å². The Morgan fingerprint density at radius 1 is 1.07 bits per heavy atom. The van der Waals surface area contributed by atoms with Crippen LogP contribution in [0.4, 0.5) is 26.3 Å². The van der Waals surface area contributed by atoms with Crippen LogP contribution in [-0.4, -0.2) is 16.1 Å². The van der Waals surface area contributed by atoms with Crippen LogP contribution in [0.5, 0.6) is 0 Å². The van der Waals surface area contributed by atoms with Gasteiger partial charge in [-0.2, -0.15) is 26.3 Å². The molecule has 1 aromatic carbocycles. The predicted octanol–water partition coefficient (Wildman–Crippen LogP) is 4.76. The van der Waals surface area contributed by atoms with Crippen LogP contribution in [0.1, 0.15) is 47.7 Å². The summed E-state index contributed by atoms with van der Waals surface area (Å²) in [6.45, 7) is 2.33. The highest BCUT2D eigenvalue weighted by Gasteiger charge is 2.40. The van der Waals surface area contributed by atoms with E-state index in [1.165, 1.54) is 16.7 Å². The third-order valence-corrected chi connectivity index (χ3v) is 4.73. The Morgan fingerprint density at radius 2 is 1.74 bits per heavy atom. The van der Waals surface area contributed by atoms with Crippen LogP contribution >= 0.6 is 0 Å². The van der Waals surface area contributed by atoms with Crippen LogP contribution in [0, 0.1) is 0 Å². The lowest BCUT2D eigenvalue weighted by molar-refractivity contribution is -0.147. The molecule has 27 heavy (non-hydrogen) atoms. The van der Waals surface area contributed by atoms with Gasteiger partial charge in [-0.05, 0) is 37.0 Å². The lowest BCUT2D eigenvalue weighted by atomic mass is 9.99. The maximum atomic E-state index is 13.2. The minimum absolute atomic E-state index is 0.188. The fourth-order valence-corrected chi connectivity index (χ4v) is 3.46. The molecule has 0 radical (unpaired) electrons. The van der Waals surface area contributed by atoms with E-state index in [-0.39, 0.29) is 12.6 Å². The van der Waals surface area contributed by atoms with Crippen molar-refractivity contribution in [2.24, 2.45) is 0 Å². The van der Waals surface area contributed by atoms with Crippen molar-refractivity contribution in [3.05, 3.63) is 52.6 Å². The fourth-order valence-electron chi connectivity index (χ4n) is 3.46. The zero-order valence-corrected chi connectivity index (χ0v) is 14.6. The second kappa shape index (κ2) is 7.18. The SMILES string of the molecule is CCc1nc(C(F)(F)F)n2c1C(CCc1ccc(C(F)(F)F)cc1)NCC2. The number of nitrogens with one attached hydrogen (secondary N) is 1. The summed E-state index contributed by atoms with van der Waals surface area (Å²) in [6.07, 6.45) is -7.60. The molecule has 1 N–H and O–H groups in total. The first kappa shape index (κ1) is 19.7. The second-order valence-electron chi connectivity index (χ2n) is 6.51. The average Bonchev–Trinajstić information content (AvgIpc) is 2.99. The van der Waals surface area contributed by atoms with E-state index in [1.807, 2.05) is 0 Å². The van der Waals surface area contributed by atoms with Gasteiger partial charge in [0.15, 0.2) is 0 Å². The average molecular weight is 391 g/mol. The molecule has 0 fully saturated rings. The van der Waals surface area contributed by atoms with E-state index in [1.54, 1.807) is 6.92 Å². The Hall–Kier alpha value is -2.03. The number of hydrogen-bond acceptors (Lipinski definition) is 2. The summed E-state index contributed by atoms with van der Waals surface area (Å²) in [6, 6.07) is 4.54. The summed E-state index contributed by atoms with van der Waals surface area (Å²) in [7, 11) is 0. The molecule has 1 atom stereocenters. The zero-order chi connectivity index (χ0) is 19.8. The summed E-state index contributed by atoms with van der Waals surface area (Å²) in [5.41, 5.74) is 0.925. The Kier molecular flexibility index (Phi) is 5.24. The number of rotatable bonds is 4. The standard InChI is InChI=1S/C18H19F6N3/c1-2-13-15-14(25-9-10-27(15)16(26-13)18(22,23)24)8-5-11-3-6-12(7-4-11)17(19,20)21/h3-4,6-7,14,25H,2,5,8-10H2,1H3. The minimum Gasteiger partial charge on any atom is -0.321 e. The Labute approximate surface area is 152 Å². The summed E-state index contributed by atoms with van der Waals surface area (Å²) in [5.74, 6) is -0.879. The van der Waals surface area contributed by atoms with Gasteiger partial charge in [0, 0.05) is 19.1 Å². The van der Waals surface area contributed by atoms with Gasteiger partial charge < -0.3 is 9.88 Å². The van der Waals surface area contributed by atoms with Crippen molar-refractivity contribution in [3.8, 4) is 0 Å². The molecule has 0 bridgehead atoms. The van der Waals surface area contributed by atoms with Crippen LogP contribution in [-0.2, 0) is 31.7 Å². The third-order valence-electron chi connectivity index (χ3n) is 4.73. The number of benzene rings is 1. The molecule has 0 saturated heterocycles. The molecule has 1 aliphatic rings. The monoisotopic (exact) mass is 391 g/mol. The molecular weight excluding hydrogens is 372 g/mol. The molecule has 0 amide bonds. The molecule has 0 aliphatic carbocycles. The summed E-state index contributed by atoms with van der Waals surface area (Å²) < 4.78 is 78.9. The molecule has 3 rings (SSSR count). The summed E-state index contributed by atoms with van der Waals surface area (Å²) >= 11 is 0. The Morgan fingerprint density at radius 3 is 2.30 bits per heavy atom. The van der Waals surface area contributed by atoms with E-state index in [0.29, 0.717) is 42.8 Å². The van der Waals surface area contributed by atoms with Crippen molar-refractivity contribution in [1.82, 2.24) is 14.9 Å². The number of fused-ring (bicyclic) bond motifs is 1. The fraction of sp³-hybridized carbons (Fsp3) is 0.500. The van der Waals surface area contributed by atoms with Crippen molar-refractivity contribution in [1.29, 1.82) is 0 Å². The van der Waals surface area contributed by atoms with Crippen LogP contribution in [0.3, 0.4) is 0 Å². The van der Waals surface area contributed by atoms with Gasteiger partial charge in [0.05, 0.1) is 17.0 Å². The first-order valence-corrected chi connectivity index (χ1v) is 8.67. The highest BCUT2D eigenvalue weighted by Crippen LogP contribution is 2.35. The predicted molar refractivity (Wildman–Crippen MR) is 87.1 cm³/mol. The number of aromatic nitrogens is 2. The molecule has 1 unspecified atom stereocenters. The quantitative estimate of drug-likeness (QED) is 0.762. The highest BCUT2D eigenvalue weighted by atomic mass is 19.4. The van der Waals surface area contributed by atoms with E-state index in [2.05, 4.69) is 10.3 Å². The molecule has 1 aromatic heterocycles. The van der Waals surface area contributed by atoms with E-state index < -0.39 is 23.7 Å². The van der Waals surface area contributed by atoms with E-state index >= 15 is 0 Å². The lowest BCUT2D eigenvalue weighted by Gasteiger charge is -2.28. The first-order chi connectivity index (χ1) is 12.6. The largest absolute Gasteiger partial charge is 0.449 e. The van der Waals surface area contributed by atoms with Gasteiger partial charge in [0.2, 0.25) is 5.82 Å². The van der Waals surface area contributed by atoms with Crippen LogP contribution in [0.25, 0.3) is 0 Å². The van der Waals surface area contributed by atoms with Crippen molar-refractivity contribution < 1.29 is 26.3 Å². The van der Waals surface area contributed by atoms with E-state index in [0.717, 1.165) is 12.1 Å². The molecule has 9 heteroatoms. The molecule has 1 aliphatic heterocycles. The maximum absolute atomic E-state index is 13.2. The first-order valence-electron chi connectivity index (χ1n) is 8.67. The molecule has 2 aromatic rings. The summed E-state index contributed by atoms with van der Waals surface area (Å²) in [4.78, 5) is 3.80. The van der Waals surface area contributed by atoms with Gasteiger partial charge in [0.25, 0.3) is 0 Å². The number of aryl methyl sites for hydroxylation is 2. The van der Waals surface area contributed by atoms with E-state index in [9.17, 15) is 26.3 Å². The van der Waals surface area contributed by atoms with Gasteiger partial charge >= 0.3 is 12.4 Å².